The highest BCUT2D eigenvalue weighted by Crippen LogP contribution is 2.10. The summed E-state index contributed by atoms with van der Waals surface area (Å²) in [5, 5.41) is 0. The summed E-state index contributed by atoms with van der Waals surface area (Å²) in [5.41, 5.74) is 1.13. The molecular formula is C14H25N3. The van der Waals surface area contributed by atoms with Crippen LogP contribution in [0.15, 0.2) is 12.3 Å². The molecule has 0 aromatic carbocycles. The van der Waals surface area contributed by atoms with Crippen molar-refractivity contribution < 1.29 is 0 Å². The van der Waals surface area contributed by atoms with Crippen LogP contribution in [0, 0.1) is 0 Å². The third-order valence-corrected chi connectivity index (χ3v) is 2.91. The van der Waals surface area contributed by atoms with E-state index < -0.39 is 0 Å². The third kappa shape index (κ3) is 4.72. The van der Waals surface area contributed by atoms with Crippen molar-refractivity contribution in [1.82, 2.24) is 9.97 Å². The van der Waals surface area contributed by atoms with Crippen LogP contribution < -0.4 is 4.90 Å². The molecule has 1 aromatic rings. The first-order valence-corrected chi connectivity index (χ1v) is 6.88. The molecule has 0 amide bonds. The van der Waals surface area contributed by atoms with E-state index >= 15 is 0 Å². The fourth-order valence-electron chi connectivity index (χ4n) is 1.74. The maximum atomic E-state index is 4.61. The molecule has 0 aliphatic carbocycles. The molecule has 3 heteroatoms. The molecule has 0 N–H and O–H groups in total. The molecule has 0 unspecified atom stereocenters. The van der Waals surface area contributed by atoms with Gasteiger partial charge >= 0.3 is 0 Å². The summed E-state index contributed by atoms with van der Waals surface area (Å²) >= 11 is 0. The third-order valence-electron chi connectivity index (χ3n) is 2.91. The Kier molecular flexibility index (Phi) is 6.60. The molecule has 1 rings (SSSR count). The largest absolute Gasteiger partial charge is 0.341 e. The van der Waals surface area contributed by atoms with Crippen molar-refractivity contribution in [3.05, 3.63) is 18.0 Å². The molecule has 1 aromatic heterocycles. The lowest BCUT2D eigenvalue weighted by Crippen LogP contribution is -2.27. The summed E-state index contributed by atoms with van der Waals surface area (Å²) in [7, 11) is 0. The van der Waals surface area contributed by atoms with E-state index in [0.29, 0.717) is 0 Å². The van der Waals surface area contributed by atoms with E-state index in [9.17, 15) is 0 Å². The Labute approximate surface area is 105 Å². The summed E-state index contributed by atoms with van der Waals surface area (Å²) in [6.45, 7) is 8.73. The Morgan fingerprint density at radius 3 is 2.24 bits per heavy atom. The maximum Gasteiger partial charge on any atom is 0.225 e. The normalized spacial score (nSPS) is 10.5. The van der Waals surface area contributed by atoms with Crippen molar-refractivity contribution in [2.75, 3.05) is 18.0 Å². The molecule has 0 atom stereocenters. The number of aryl methyl sites for hydroxylation is 1. The number of unbranched alkanes of at least 4 members (excludes halogenated alkanes) is 2. The molecule has 17 heavy (non-hydrogen) atoms. The Morgan fingerprint density at radius 1 is 1.06 bits per heavy atom. The predicted octanol–water partition coefficient (Wildman–Crippen LogP) is 3.45. The van der Waals surface area contributed by atoms with E-state index in [1.807, 2.05) is 12.3 Å². The highest BCUT2D eigenvalue weighted by Gasteiger charge is 2.08. The van der Waals surface area contributed by atoms with E-state index in [1.165, 1.54) is 25.7 Å². The summed E-state index contributed by atoms with van der Waals surface area (Å²) < 4.78 is 0. The van der Waals surface area contributed by atoms with Gasteiger partial charge in [0.25, 0.3) is 0 Å². The van der Waals surface area contributed by atoms with Gasteiger partial charge in [-0.2, -0.15) is 0 Å². The molecular weight excluding hydrogens is 210 g/mol. The van der Waals surface area contributed by atoms with Crippen molar-refractivity contribution in [2.45, 2.75) is 52.9 Å². The van der Waals surface area contributed by atoms with Crippen molar-refractivity contribution in [1.29, 1.82) is 0 Å². The molecule has 0 radical (unpaired) electrons. The fourth-order valence-corrected chi connectivity index (χ4v) is 1.74. The Bertz CT molecular complexity index is 304. The standard InChI is InChI=1S/C14H25N3/c1-4-7-11-17(12-8-5-2)14-15-10-9-13(6-3)16-14/h9-10H,4-8,11-12H2,1-3H3. The molecule has 3 nitrogen and oxygen atoms in total. The highest BCUT2D eigenvalue weighted by atomic mass is 15.2. The van der Waals surface area contributed by atoms with E-state index in [2.05, 4.69) is 35.6 Å². The topological polar surface area (TPSA) is 29.0 Å². The lowest BCUT2D eigenvalue weighted by Gasteiger charge is -2.22. The van der Waals surface area contributed by atoms with E-state index in [-0.39, 0.29) is 0 Å². The lowest BCUT2D eigenvalue weighted by atomic mass is 10.2. The number of hydrogen-bond acceptors (Lipinski definition) is 3. The van der Waals surface area contributed by atoms with E-state index in [1.54, 1.807) is 0 Å². The highest BCUT2D eigenvalue weighted by molar-refractivity contribution is 5.30. The smallest absolute Gasteiger partial charge is 0.225 e. The second-order valence-electron chi connectivity index (χ2n) is 4.40. The quantitative estimate of drug-likeness (QED) is 0.691. The van der Waals surface area contributed by atoms with Crippen LogP contribution in [-0.4, -0.2) is 23.1 Å². The van der Waals surface area contributed by atoms with Gasteiger partial charge in [0, 0.05) is 25.0 Å². The van der Waals surface area contributed by atoms with Crippen LogP contribution in [0.2, 0.25) is 0 Å². The Hall–Kier alpha value is -1.12. The average Bonchev–Trinajstić information content (AvgIpc) is 2.39. The van der Waals surface area contributed by atoms with Gasteiger partial charge in [-0.1, -0.05) is 33.6 Å². The number of aromatic nitrogens is 2. The Balaban J connectivity index is 2.71. The molecule has 0 saturated carbocycles. The molecule has 0 aliphatic heterocycles. The summed E-state index contributed by atoms with van der Waals surface area (Å²) in [5.74, 6) is 0.909. The van der Waals surface area contributed by atoms with Gasteiger partial charge in [0.15, 0.2) is 0 Å². The van der Waals surface area contributed by atoms with Gasteiger partial charge in [0.1, 0.15) is 0 Å². The zero-order valence-electron chi connectivity index (χ0n) is 11.4. The molecule has 0 spiro atoms. The Morgan fingerprint density at radius 2 is 1.71 bits per heavy atom. The van der Waals surface area contributed by atoms with Crippen molar-refractivity contribution >= 4 is 5.95 Å². The lowest BCUT2D eigenvalue weighted by molar-refractivity contribution is 0.661. The first kappa shape index (κ1) is 13.9. The molecule has 0 fully saturated rings. The van der Waals surface area contributed by atoms with Crippen molar-refractivity contribution in [2.24, 2.45) is 0 Å². The van der Waals surface area contributed by atoms with Gasteiger partial charge in [-0.15, -0.1) is 0 Å². The van der Waals surface area contributed by atoms with Gasteiger partial charge in [-0.05, 0) is 25.3 Å². The van der Waals surface area contributed by atoms with Gasteiger partial charge in [-0.25, -0.2) is 9.97 Å². The molecule has 0 bridgehead atoms. The number of anilines is 1. The van der Waals surface area contributed by atoms with Crippen LogP contribution >= 0.6 is 0 Å². The number of hydrogen-bond donors (Lipinski definition) is 0. The summed E-state index contributed by atoms with van der Waals surface area (Å²) in [4.78, 5) is 11.3. The maximum absolute atomic E-state index is 4.61. The zero-order chi connectivity index (χ0) is 12.5. The van der Waals surface area contributed by atoms with Crippen LogP contribution in [0.3, 0.4) is 0 Å². The van der Waals surface area contributed by atoms with Crippen LogP contribution in [0.5, 0.6) is 0 Å². The SMILES string of the molecule is CCCCN(CCCC)c1nccc(CC)n1. The number of rotatable bonds is 8. The monoisotopic (exact) mass is 235 g/mol. The summed E-state index contributed by atoms with van der Waals surface area (Å²) in [6.07, 6.45) is 7.72. The fraction of sp³-hybridized carbons (Fsp3) is 0.714. The first-order chi connectivity index (χ1) is 8.31. The predicted molar refractivity (Wildman–Crippen MR) is 73.4 cm³/mol. The second kappa shape index (κ2) is 8.04. The van der Waals surface area contributed by atoms with E-state index in [4.69, 9.17) is 0 Å². The zero-order valence-corrected chi connectivity index (χ0v) is 11.4. The van der Waals surface area contributed by atoms with Crippen LogP contribution in [0.4, 0.5) is 5.95 Å². The van der Waals surface area contributed by atoms with Crippen molar-refractivity contribution in [3.63, 3.8) is 0 Å². The molecule has 96 valence electrons. The summed E-state index contributed by atoms with van der Waals surface area (Å²) in [6, 6.07) is 2.00. The minimum atomic E-state index is 0.909. The number of nitrogens with zero attached hydrogens (tertiary/aromatic N) is 3. The second-order valence-corrected chi connectivity index (χ2v) is 4.40. The van der Waals surface area contributed by atoms with Gasteiger partial charge in [0.2, 0.25) is 5.95 Å². The molecule has 0 saturated heterocycles. The van der Waals surface area contributed by atoms with Gasteiger partial charge in [-0.3, -0.25) is 0 Å². The van der Waals surface area contributed by atoms with Crippen molar-refractivity contribution in [3.8, 4) is 0 Å². The van der Waals surface area contributed by atoms with E-state index in [0.717, 1.165) is 31.2 Å². The minimum Gasteiger partial charge on any atom is -0.341 e. The van der Waals surface area contributed by atoms with Gasteiger partial charge in [0.05, 0.1) is 0 Å². The average molecular weight is 235 g/mol. The molecule has 1 heterocycles. The minimum absolute atomic E-state index is 0.909. The van der Waals surface area contributed by atoms with Gasteiger partial charge < -0.3 is 4.90 Å². The first-order valence-electron chi connectivity index (χ1n) is 6.88. The van der Waals surface area contributed by atoms with Crippen LogP contribution in [0.25, 0.3) is 0 Å². The van der Waals surface area contributed by atoms with Crippen LogP contribution in [-0.2, 0) is 6.42 Å². The molecule has 0 aliphatic rings. The van der Waals surface area contributed by atoms with Crippen LogP contribution in [0.1, 0.15) is 52.1 Å².